The molecule has 5 heteroatoms. The Hall–Kier alpha value is -2.14. The highest BCUT2D eigenvalue weighted by Gasteiger charge is 2.33. The monoisotopic (exact) mass is 482 g/mol. The van der Waals surface area contributed by atoms with Crippen molar-refractivity contribution in [1.82, 2.24) is 9.80 Å². The molecule has 1 atom stereocenters. The number of hydrogen-bond donors (Lipinski definition) is 0. The Bertz CT molecular complexity index is 879. The van der Waals surface area contributed by atoms with Crippen molar-refractivity contribution in [2.24, 2.45) is 0 Å². The first-order valence-electron chi connectivity index (χ1n) is 13.3. The number of amides is 2. The summed E-state index contributed by atoms with van der Waals surface area (Å²) in [5, 5.41) is 2.13. The van der Waals surface area contributed by atoms with Crippen LogP contribution in [0.15, 0.2) is 41.8 Å². The van der Waals surface area contributed by atoms with Crippen LogP contribution in [-0.2, 0) is 16.0 Å². The lowest BCUT2D eigenvalue weighted by molar-refractivity contribution is -0.141. The molecule has 1 aliphatic rings. The van der Waals surface area contributed by atoms with E-state index < -0.39 is 0 Å². The van der Waals surface area contributed by atoms with Crippen LogP contribution in [0.4, 0.5) is 0 Å². The molecule has 0 saturated heterocycles. The first-order chi connectivity index (χ1) is 16.7. The molecular formula is C29H42N2O2S. The van der Waals surface area contributed by atoms with Gasteiger partial charge in [-0.3, -0.25) is 9.59 Å². The second-order valence-corrected chi connectivity index (χ2v) is 10.5. The van der Waals surface area contributed by atoms with Crippen molar-refractivity contribution in [2.75, 3.05) is 19.6 Å². The van der Waals surface area contributed by atoms with Gasteiger partial charge in [-0.1, -0.05) is 89.1 Å². The van der Waals surface area contributed by atoms with Crippen LogP contribution in [0.5, 0.6) is 0 Å². The maximum Gasteiger partial charge on any atom is 0.242 e. The minimum atomic E-state index is -0.0602. The van der Waals surface area contributed by atoms with E-state index in [-0.39, 0.29) is 24.4 Å². The maximum absolute atomic E-state index is 13.6. The molecule has 0 fully saturated rings. The van der Waals surface area contributed by atoms with Crippen molar-refractivity contribution in [1.29, 1.82) is 0 Å². The molecule has 0 unspecified atom stereocenters. The third-order valence-electron chi connectivity index (χ3n) is 6.86. The highest BCUT2D eigenvalue weighted by molar-refractivity contribution is 7.10. The highest BCUT2D eigenvalue weighted by atomic mass is 32.1. The number of thiophene rings is 1. The lowest BCUT2D eigenvalue weighted by Gasteiger charge is -2.37. The Labute approximate surface area is 210 Å². The molecule has 34 heavy (non-hydrogen) atoms. The number of nitrogens with zero attached hydrogens (tertiary/aromatic N) is 2. The SMILES string of the molecule is CCCCCCCCCC(=O)N(CCCC)CC(=O)N1CCc2sccc2[C@H]1c1ccccc1. The zero-order valence-electron chi connectivity index (χ0n) is 21.1. The largest absolute Gasteiger partial charge is 0.333 e. The van der Waals surface area contributed by atoms with Gasteiger partial charge in [-0.25, -0.2) is 0 Å². The number of hydrogen-bond acceptors (Lipinski definition) is 3. The van der Waals surface area contributed by atoms with Gasteiger partial charge in [0.05, 0.1) is 12.6 Å². The van der Waals surface area contributed by atoms with Crippen molar-refractivity contribution in [3.8, 4) is 0 Å². The van der Waals surface area contributed by atoms with Gasteiger partial charge >= 0.3 is 0 Å². The normalized spacial score (nSPS) is 15.2. The fourth-order valence-corrected chi connectivity index (χ4v) is 5.77. The van der Waals surface area contributed by atoms with Gasteiger partial charge in [0.2, 0.25) is 11.8 Å². The minimum Gasteiger partial charge on any atom is -0.333 e. The van der Waals surface area contributed by atoms with Gasteiger partial charge in [0.25, 0.3) is 0 Å². The third-order valence-corrected chi connectivity index (χ3v) is 7.85. The molecule has 186 valence electrons. The molecule has 2 aromatic rings. The number of carbonyl (C=O) groups excluding carboxylic acids is 2. The second-order valence-electron chi connectivity index (χ2n) is 9.49. The summed E-state index contributed by atoms with van der Waals surface area (Å²) < 4.78 is 0. The first kappa shape index (κ1) is 26.5. The molecule has 4 nitrogen and oxygen atoms in total. The fraction of sp³-hybridized carbons (Fsp3) is 0.586. The molecule has 0 saturated carbocycles. The molecule has 2 heterocycles. The van der Waals surface area contributed by atoms with Crippen LogP contribution in [0.25, 0.3) is 0 Å². The summed E-state index contributed by atoms with van der Waals surface area (Å²) in [6, 6.07) is 12.4. The van der Waals surface area contributed by atoms with Gasteiger partial charge in [0.1, 0.15) is 0 Å². The van der Waals surface area contributed by atoms with E-state index in [1.807, 2.05) is 28.0 Å². The molecule has 1 aliphatic heterocycles. The van der Waals surface area contributed by atoms with Gasteiger partial charge in [-0.05, 0) is 41.8 Å². The Morgan fingerprint density at radius 3 is 2.38 bits per heavy atom. The quantitative estimate of drug-likeness (QED) is 0.272. The molecular weight excluding hydrogens is 440 g/mol. The molecule has 0 aliphatic carbocycles. The number of unbranched alkanes of at least 4 members (excludes halogenated alkanes) is 7. The first-order valence-corrected chi connectivity index (χ1v) is 14.2. The van der Waals surface area contributed by atoms with E-state index in [1.165, 1.54) is 42.5 Å². The molecule has 0 radical (unpaired) electrons. The van der Waals surface area contributed by atoms with Crippen LogP contribution in [0.3, 0.4) is 0 Å². The van der Waals surface area contributed by atoms with Crippen molar-refractivity contribution in [3.05, 3.63) is 57.8 Å². The lowest BCUT2D eigenvalue weighted by Crippen LogP contribution is -2.47. The smallest absolute Gasteiger partial charge is 0.242 e. The van der Waals surface area contributed by atoms with Gasteiger partial charge in [0, 0.05) is 24.4 Å². The Morgan fingerprint density at radius 1 is 0.941 bits per heavy atom. The van der Waals surface area contributed by atoms with Crippen molar-refractivity contribution >= 4 is 23.2 Å². The Morgan fingerprint density at radius 2 is 1.65 bits per heavy atom. The number of benzene rings is 1. The van der Waals surface area contributed by atoms with Crippen LogP contribution in [0.2, 0.25) is 0 Å². The molecule has 0 bridgehead atoms. The fourth-order valence-electron chi connectivity index (χ4n) is 4.87. The van der Waals surface area contributed by atoms with E-state index in [9.17, 15) is 9.59 Å². The van der Waals surface area contributed by atoms with E-state index in [0.29, 0.717) is 19.5 Å². The van der Waals surface area contributed by atoms with Gasteiger partial charge in [0.15, 0.2) is 0 Å². The van der Waals surface area contributed by atoms with Crippen LogP contribution in [0, 0.1) is 0 Å². The summed E-state index contributed by atoms with van der Waals surface area (Å²) in [7, 11) is 0. The van der Waals surface area contributed by atoms with E-state index in [4.69, 9.17) is 0 Å². The molecule has 0 N–H and O–H groups in total. The average molecular weight is 483 g/mol. The second kappa shape index (κ2) is 14.3. The summed E-state index contributed by atoms with van der Waals surface area (Å²) in [4.78, 5) is 31.9. The summed E-state index contributed by atoms with van der Waals surface area (Å²) in [5.41, 5.74) is 2.38. The number of carbonyl (C=O) groups is 2. The van der Waals surface area contributed by atoms with Gasteiger partial charge in [-0.2, -0.15) is 0 Å². The lowest BCUT2D eigenvalue weighted by atomic mass is 9.93. The summed E-state index contributed by atoms with van der Waals surface area (Å²) in [6.07, 6.45) is 11.8. The minimum absolute atomic E-state index is 0.0602. The van der Waals surface area contributed by atoms with Crippen LogP contribution >= 0.6 is 11.3 Å². The Kier molecular flexibility index (Phi) is 11.1. The molecule has 3 rings (SSSR count). The van der Waals surface area contributed by atoms with E-state index in [2.05, 4.69) is 37.4 Å². The molecule has 0 spiro atoms. The predicted molar refractivity (Wildman–Crippen MR) is 142 cm³/mol. The van der Waals surface area contributed by atoms with Crippen molar-refractivity contribution in [3.63, 3.8) is 0 Å². The van der Waals surface area contributed by atoms with Crippen molar-refractivity contribution < 1.29 is 9.59 Å². The zero-order chi connectivity index (χ0) is 24.2. The zero-order valence-corrected chi connectivity index (χ0v) is 22.0. The van der Waals surface area contributed by atoms with Gasteiger partial charge < -0.3 is 9.80 Å². The number of fused-ring (bicyclic) bond motifs is 1. The van der Waals surface area contributed by atoms with Crippen molar-refractivity contribution in [2.45, 2.75) is 90.5 Å². The molecule has 2 amide bonds. The maximum atomic E-state index is 13.6. The summed E-state index contributed by atoms with van der Waals surface area (Å²) in [6.45, 7) is 5.94. The van der Waals surface area contributed by atoms with E-state index >= 15 is 0 Å². The summed E-state index contributed by atoms with van der Waals surface area (Å²) >= 11 is 1.78. The van der Waals surface area contributed by atoms with E-state index in [1.54, 1.807) is 11.3 Å². The molecule has 1 aromatic heterocycles. The average Bonchev–Trinajstić information content (AvgIpc) is 3.34. The van der Waals surface area contributed by atoms with Crippen LogP contribution in [-0.4, -0.2) is 41.2 Å². The topological polar surface area (TPSA) is 40.6 Å². The number of rotatable bonds is 14. The Balaban J connectivity index is 1.63. The molecule has 1 aromatic carbocycles. The van der Waals surface area contributed by atoms with E-state index in [0.717, 1.165) is 37.7 Å². The van der Waals surface area contributed by atoms with Crippen LogP contribution in [0.1, 0.15) is 100 Å². The standard InChI is InChI=1S/C29H42N2O2S/c1-3-5-7-8-9-10-14-17-27(32)30(20-6-4-2)23-28(33)31-21-18-26-25(19-22-34-26)29(31)24-15-12-11-13-16-24/h11-13,15-16,19,22,29H,3-10,14,17-18,20-21,23H2,1-2H3/t29-/m1/s1. The summed E-state index contributed by atoms with van der Waals surface area (Å²) in [5.74, 6) is 0.203. The third kappa shape index (κ3) is 7.43. The van der Waals surface area contributed by atoms with Crippen LogP contribution < -0.4 is 0 Å². The highest BCUT2D eigenvalue weighted by Crippen LogP contribution is 2.37. The van der Waals surface area contributed by atoms with Gasteiger partial charge in [-0.15, -0.1) is 11.3 Å². The predicted octanol–water partition coefficient (Wildman–Crippen LogP) is 6.99.